The third kappa shape index (κ3) is 5.41. The fourth-order valence-corrected chi connectivity index (χ4v) is 6.18. The summed E-state index contributed by atoms with van der Waals surface area (Å²) < 4.78 is 12.1. The van der Waals surface area contributed by atoms with Gasteiger partial charge in [-0.1, -0.05) is 18.2 Å². The number of nitrogens with zero attached hydrogens (tertiary/aromatic N) is 3. The van der Waals surface area contributed by atoms with Gasteiger partial charge in [-0.2, -0.15) is 0 Å². The maximum absolute atomic E-state index is 13.6. The van der Waals surface area contributed by atoms with Crippen molar-refractivity contribution >= 4 is 28.6 Å². The molecule has 7 rings (SSSR count). The summed E-state index contributed by atoms with van der Waals surface area (Å²) in [7, 11) is 1.61. The molecule has 0 N–H and O–H groups in total. The summed E-state index contributed by atoms with van der Waals surface area (Å²) in [5.41, 5.74) is 3.32. The minimum atomic E-state index is -1.31. The van der Waals surface area contributed by atoms with Crippen LogP contribution in [0, 0.1) is 0 Å². The molecule has 1 spiro atoms. The predicted molar refractivity (Wildman–Crippen MR) is 152 cm³/mol. The third-order valence-corrected chi connectivity index (χ3v) is 8.65. The molecule has 2 aromatic carbocycles. The van der Waals surface area contributed by atoms with Crippen LogP contribution in [0.15, 0.2) is 60.9 Å². The number of rotatable bonds is 5. The Balaban J connectivity index is 0.00000329. The summed E-state index contributed by atoms with van der Waals surface area (Å²) in [6, 6.07) is 14.5. The van der Waals surface area contributed by atoms with Gasteiger partial charge in [-0.3, -0.25) is 14.6 Å². The van der Waals surface area contributed by atoms with E-state index in [2.05, 4.69) is 11.1 Å². The molecule has 0 bridgehead atoms. The topological polar surface area (TPSA) is 122 Å². The van der Waals surface area contributed by atoms with Gasteiger partial charge in [-0.15, -0.1) is 0 Å². The number of amides is 1. The molecule has 1 saturated carbocycles. The first-order valence-corrected chi connectivity index (χ1v) is 14.1. The van der Waals surface area contributed by atoms with E-state index in [4.69, 9.17) is 14.5 Å². The number of aromatic carboxylic acids is 1. The molecule has 2 fully saturated rings. The second-order valence-electron chi connectivity index (χ2n) is 11.4. The van der Waals surface area contributed by atoms with Crippen LogP contribution in [0.1, 0.15) is 74.8 Å². The van der Waals surface area contributed by atoms with Gasteiger partial charge in [0.15, 0.2) is 5.78 Å². The Morgan fingerprint density at radius 1 is 1.05 bits per heavy atom. The quantitative estimate of drug-likeness (QED) is 0.321. The zero-order chi connectivity index (χ0) is 29.0. The standard InChI is InChI=1S/C33H29N3O6.Na/c1-41-29-15-26(35-30-23(19-5-6-19)3-2-4-24(29)30)31(38)36-11-9-33(10-12-36)16-27(37)25-14-20(7-8-28(25)42-33)21-13-22(32(39)40)18-34-17-21;/h2-4,7-8,13-15,17-19H,5-6,9-12,16H2,1H3,(H,39,40);/q;+1/p-1. The summed E-state index contributed by atoms with van der Waals surface area (Å²) in [5.74, 6) is 0.0959. The Hall–Kier alpha value is -3.79. The molecule has 0 unspecified atom stereocenters. The minimum Gasteiger partial charge on any atom is -0.545 e. The number of para-hydroxylation sites is 1. The Kier molecular flexibility index (Phi) is 7.75. The Labute approximate surface area is 270 Å². The number of hydrogen-bond acceptors (Lipinski definition) is 8. The largest absolute Gasteiger partial charge is 1.00 e. The zero-order valence-electron chi connectivity index (χ0n) is 24.1. The van der Waals surface area contributed by atoms with Crippen molar-refractivity contribution in [2.45, 2.75) is 43.6 Å². The smallest absolute Gasteiger partial charge is 0.545 e. The normalized spacial score (nSPS) is 17.1. The van der Waals surface area contributed by atoms with Gasteiger partial charge in [0.2, 0.25) is 0 Å². The maximum atomic E-state index is 13.6. The van der Waals surface area contributed by atoms with E-state index < -0.39 is 11.6 Å². The van der Waals surface area contributed by atoms with E-state index in [1.807, 2.05) is 12.1 Å². The number of pyridine rings is 2. The Morgan fingerprint density at radius 3 is 2.56 bits per heavy atom. The van der Waals surface area contributed by atoms with Crippen molar-refractivity contribution < 1.29 is 58.5 Å². The second kappa shape index (κ2) is 11.4. The molecule has 212 valence electrons. The molecule has 1 aliphatic carbocycles. The molecule has 0 radical (unpaired) electrons. The summed E-state index contributed by atoms with van der Waals surface area (Å²) in [4.78, 5) is 48.8. The summed E-state index contributed by atoms with van der Waals surface area (Å²) in [5, 5.41) is 12.2. The fraction of sp³-hybridized carbons (Fsp3) is 0.303. The van der Waals surface area contributed by atoms with Crippen LogP contribution in [-0.4, -0.2) is 58.3 Å². The number of ketones is 1. The van der Waals surface area contributed by atoms with Crippen LogP contribution >= 0.6 is 0 Å². The first kappa shape index (κ1) is 29.3. The van der Waals surface area contributed by atoms with Crippen LogP contribution in [0.2, 0.25) is 0 Å². The summed E-state index contributed by atoms with van der Waals surface area (Å²) >= 11 is 0. The van der Waals surface area contributed by atoms with Crippen molar-refractivity contribution in [3.05, 3.63) is 83.3 Å². The number of likely N-dealkylation sites (tertiary alicyclic amines) is 1. The number of carbonyl (C=O) groups excluding carboxylic acids is 3. The molecule has 9 nitrogen and oxygen atoms in total. The van der Waals surface area contributed by atoms with E-state index in [1.54, 1.807) is 42.5 Å². The monoisotopic (exact) mass is 585 g/mol. The van der Waals surface area contributed by atoms with Crippen molar-refractivity contribution in [2.24, 2.45) is 0 Å². The minimum absolute atomic E-state index is 0. The fourth-order valence-electron chi connectivity index (χ4n) is 6.18. The van der Waals surface area contributed by atoms with E-state index >= 15 is 0 Å². The van der Waals surface area contributed by atoms with Gasteiger partial charge in [0.25, 0.3) is 5.91 Å². The maximum Gasteiger partial charge on any atom is 1.00 e. The van der Waals surface area contributed by atoms with E-state index in [-0.39, 0.29) is 53.2 Å². The molecule has 10 heteroatoms. The molecular weight excluding hydrogens is 557 g/mol. The van der Waals surface area contributed by atoms with Crippen LogP contribution in [0.5, 0.6) is 11.5 Å². The molecule has 2 aromatic heterocycles. The number of fused-ring (bicyclic) bond motifs is 2. The number of hydrogen-bond donors (Lipinski definition) is 0. The Bertz CT molecular complexity index is 1780. The van der Waals surface area contributed by atoms with Gasteiger partial charge in [0, 0.05) is 60.9 Å². The molecule has 2 aliphatic heterocycles. The third-order valence-electron chi connectivity index (χ3n) is 8.65. The molecular formula is C33H28N3NaO6. The number of aromatic nitrogens is 2. The number of carbonyl (C=O) groups is 3. The van der Waals surface area contributed by atoms with E-state index in [0.29, 0.717) is 65.7 Å². The molecule has 1 amide bonds. The molecule has 4 aromatic rings. The molecule has 0 atom stereocenters. The van der Waals surface area contributed by atoms with Gasteiger partial charge >= 0.3 is 29.6 Å². The summed E-state index contributed by atoms with van der Waals surface area (Å²) in [6.07, 6.45) is 6.27. The van der Waals surface area contributed by atoms with Crippen LogP contribution in [0.4, 0.5) is 0 Å². The number of benzene rings is 2. The second-order valence-corrected chi connectivity index (χ2v) is 11.4. The number of ether oxygens (including phenoxy) is 2. The van der Waals surface area contributed by atoms with Crippen LogP contribution in [-0.2, 0) is 0 Å². The van der Waals surface area contributed by atoms with Crippen LogP contribution < -0.4 is 44.1 Å². The molecule has 1 saturated heterocycles. The first-order chi connectivity index (χ1) is 20.3. The SMILES string of the molecule is COc1cc(C(=O)N2CCC3(CC2)CC(=O)c2cc(-c4cncc(C(=O)[O-])c4)ccc2O3)nc2c(C3CC3)cccc12.[Na+]. The van der Waals surface area contributed by atoms with Gasteiger partial charge in [0.05, 0.1) is 30.6 Å². The van der Waals surface area contributed by atoms with Crippen molar-refractivity contribution in [1.82, 2.24) is 14.9 Å². The number of piperidine rings is 1. The zero-order valence-corrected chi connectivity index (χ0v) is 26.1. The van der Waals surface area contributed by atoms with E-state index in [0.717, 1.165) is 29.3 Å². The van der Waals surface area contributed by atoms with Crippen molar-refractivity contribution in [1.29, 1.82) is 0 Å². The van der Waals surface area contributed by atoms with Crippen molar-refractivity contribution in [3.63, 3.8) is 0 Å². The van der Waals surface area contributed by atoms with Gasteiger partial charge in [-0.05, 0) is 54.2 Å². The average Bonchev–Trinajstić information content (AvgIpc) is 3.86. The molecule has 43 heavy (non-hydrogen) atoms. The molecule has 3 aliphatic rings. The number of Topliss-reactive ketones (excluding diaryl/α,β-unsaturated/α-hetero) is 1. The van der Waals surface area contributed by atoms with Crippen molar-refractivity contribution in [2.75, 3.05) is 20.2 Å². The number of methoxy groups -OCH3 is 1. The predicted octanol–water partition coefficient (Wildman–Crippen LogP) is 1.19. The van der Waals surface area contributed by atoms with Gasteiger partial charge in [0.1, 0.15) is 22.8 Å². The first-order valence-electron chi connectivity index (χ1n) is 14.1. The number of carboxylic acids is 1. The van der Waals surface area contributed by atoms with Gasteiger partial charge < -0.3 is 24.3 Å². The number of carboxylic acid groups (broad SMARTS) is 1. The van der Waals surface area contributed by atoms with Crippen LogP contribution in [0.3, 0.4) is 0 Å². The van der Waals surface area contributed by atoms with Crippen LogP contribution in [0.25, 0.3) is 22.0 Å². The molecule has 4 heterocycles. The summed E-state index contributed by atoms with van der Waals surface area (Å²) in [6.45, 7) is 0.876. The van der Waals surface area contributed by atoms with E-state index in [9.17, 15) is 19.5 Å². The van der Waals surface area contributed by atoms with E-state index in [1.165, 1.54) is 12.3 Å². The Morgan fingerprint density at radius 2 is 1.84 bits per heavy atom. The van der Waals surface area contributed by atoms with Crippen molar-refractivity contribution in [3.8, 4) is 22.6 Å². The average molecular weight is 586 g/mol. The van der Waals surface area contributed by atoms with Gasteiger partial charge in [-0.25, -0.2) is 4.98 Å².